The highest BCUT2D eigenvalue weighted by molar-refractivity contribution is 7.17. The minimum Gasteiger partial charge on any atom is -0.476 e. The average molecular weight is 165 g/mol. The number of hydrogen-bond donors (Lipinski definition) is 1. The number of carbonyl (C=O) groups is 1. The van der Waals surface area contributed by atoms with E-state index in [1.165, 1.54) is 0 Å². The molecule has 1 heterocycles. The van der Waals surface area contributed by atoms with Crippen molar-refractivity contribution in [2.75, 3.05) is 0 Å². The minimum atomic E-state index is -1.10. The molecule has 1 aromatic rings. The van der Waals surface area contributed by atoms with Gasteiger partial charge in [-0.3, -0.25) is 0 Å². The van der Waals surface area contributed by atoms with Gasteiger partial charge in [-0.2, -0.15) is 0 Å². The molecule has 0 aromatic carbocycles. The van der Waals surface area contributed by atoms with E-state index in [0.717, 1.165) is 11.3 Å². The first-order chi connectivity index (χ1) is 4.20. The third kappa shape index (κ3) is 1.36. The SMILES string of the molecule is O=C(O)c1nnc(Cl)s1. The summed E-state index contributed by atoms with van der Waals surface area (Å²) in [4.78, 5) is 10.1. The maximum atomic E-state index is 10.1. The van der Waals surface area contributed by atoms with Crippen molar-refractivity contribution in [2.24, 2.45) is 0 Å². The zero-order valence-corrected chi connectivity index (χ0v) is 5.61. The van der Waals surface area contributed by atoms with Crippen LogP contribution in [0, 0.1) is 0 Å². The summed E-state index contributed by atoms with van der Waals surface area (Å²) in [6.07, 6.45) is 0. The molecule has 0 amide bonds. The van der Waals surface area contributed by atoms with Gasteiger partial charge in [0.05, 0.1) is 0 Å². The first kappa shape index (κ1) is 6.44. The predicted octanol–water partition coefficient (Wildman–Crippen LogP) is 0.890. The molecular formula is C3HClN2O2S. The summed E-state index contributed by atoms with van der Waals surface area (Å²) >= 11 is 6.13. The van der Waals surface area contributed by atoms with Gasteiger partial charge in [0, 0.05) is 0 Å². The molecule has 9 heavy (non-hydrogen) atoms. The van der Waals surface area contributed by atoms with E-state index in [1.807, 2.05) is 0 Å². The number of carboxylic acids is 1. The predicted molar refractivity (Wildman–Crippen MR) is 31.9 cm³/mol. The fourth-order valence-corrected chi connectivity index (χ4v) is 0.959. The van der Waals surface area contributed by atoms with Crippen LogP contribution in [-0.2, 0) is 0 Å². The van der Waals surface area contributed by atoms with E-state index in [4.69, 9.17) is 16.7 Å². The van der Waals surface area contributed by atoms with Gasteiger partial charge in [-0.25, -0.2) is 4.79 Å². The largest absolute Gasteiger partial charge is 0.476 e. The van der Waals surface area contributed by atoms with Crippen LogP contribution < -0.4 is 0 Å². The molecule has 0 aliphatic rings. The van der Waals surface area contributed by atoms with Gasteiger partial charge in [0.1, 0.15) is 0 Å². The molecular weight excluding hydrogens is 164 g/mol. The highest BCUT2D eigenvalue weighted by Gasteiger charge is 2.07. The van der Waals surface area contributed by atoms with E-state index in [2.05, 4.69) is 10.2 Å². The Hall–Kier alpha value is -0.680. The van der Waals surface area contributed by atoms with Gasteiger partial charge < -0.3 is 5.11 Å². The van der Waals surface area contributed by atoms with Gasteiger partial charge in [0.2, 0.25) is 9.47 Å². The quantitative estimate of drug-likeness (QED) is 0.670. The Kier molecular flexibility index (Phi) is 1.63. The minimum absolute atomic E-state index is 0.0833. The second-order valence-electron chi connectivity index (χ2n) is 1.17. The van der Waals surface area contributed by atoms with Crippen molar-refractivity contribution >= 4 is 28.9 Å². The van der Waals surface area contributed by atoms with Crippen LogP contribution in [0.15, 0.2) is 0 Å². The second-order valence-corrected chi connectivity index (χ2v) is 2.72. The molecule has 0 saturated carbocycles. The van der Waals surface area contributed by atoms with Crippen LogP contribution in [-0.4, -0.2) is 21.3 Å². The molecule has 0 aliphatic heterocycles. The summed E-state index contributed by atoms with van der Waals surface area (Å²) in [7, 11) is 0. The third-order valence-electron chi connectivity index (χ3n) is 0.583. The Morgan fingerprint density at radius 2 is 2.33 bits per heavy atom. The third-order valence-corrected chi connectivity index (χ3v) is 1.59. The van der Waals surface area contributed by atoms with Gasteiger partial charge in [-0.05, 0) is 11.6 Å². The molecule has 0 aliphatic carbocycles. The number of hydrogen-bond acceptors (Lipinski definition) is 4. The molecule has 1 N–H and O–H groups in total. The molecule has 1 rings (SSSR count). The molecule has 1 aromatic heterocycles. The number of rotatable bonds is 1. The molecule has 0 saturated heterocycles. The molecule has 0 bridgehead atoms. The fourth-order valence-electron chi connectivity index (χ4n) is 0.292. The van der Waals surface area contributed by atoms with E-state index in [1.54, 1.807) is 0 Å². The lowest BCUT2D eigenvalue weighted by Gasteiger charge is -1.75. The molecule has 0 spiro atoms. The molecule has 0 radical (unpaired) electrons. The maximum Gasteiger partial charge on any atom is 0.367 e. The van der Waals surface area contributed by atoms with Crippen LogP contribution in [0.5, 0.6) is 0 Å². The highest BCUT2D eigenvalue weighted by atomic mass is 35.5. The highest BCUT2D eigenvalue weighted by Crippen LogP contribution is 2.13. The van der Waals surface area contributed by atoms with Gasteiger partial charge in [-0.15, -0.1) is 10.2 Å². The number of aromatic nitrogens is 2. The zero-order chi connectivity index (χ0) is 6.85. The van der Waals surface area contributed by atoms with Crippen molar-refractivity contribution in [3.63, 3.8) is 0 Å². The van der Waals surface area contributed by atoms with Gasteiger partial charge in [-0.1, -0.05) is 11.3 Å². The van der Waals surface area contributed by atoms with E-state index in [-0.39, 0.29) is 9.47 Å². The molecule has 0 fully saturated rings. The first-order valence-corrected chi connectivity index (χ1v) is 3.12. The zero-order valence-electron chi connectivity index (χ0n) is 4.04. The Balaban J connectivity index is 2.98. The Morgan fingerprint density at radius 3 is 2.56 bits per heavy atom. The Labute approximate surface area is 59.1 Å². The lowest BCUT2D eigenvalue weighted by Crippen LogP contribution is -1.93. The van der Waals surface area contributed by atoms with Gasteiger partial charge >= 0.3 is 5.97 Å². The lowest BCUT2D eigenvalue weighted by molar-refractivity contribution is 0.0695. The van der Waals surface area contributed by atoms with Crippen LogP contribution in [0.3, 0.4) is 0 Å². The van der Waals surface area contributed by atoms with Crippen molar-refractivity contribution in [1.29, 1.82) is 0 Å². The Bertz CT molecular complexity index is 235. The van der Waals surface area contributed by atoms with Crippen LogP contribution in [0.2, 0.25) is 4.47 Å². The standard InChI is InChI=1S/C3HClN2O2S/c4-3-6-5-1(9-3)2(7)8/h(H,7,8). The summed E-state index contributed by atoms with van der Waals surface area (Å²) in [6, 6.07) is 0. The molecule has 6 heteroatoms. The number of carboxylic acid groups (broad SMARTS) is 1. The Morgan fingerprint density at radius 1 is 1.67 bits per heavy atom. The summed E-state index contributed by atoms with van der Waals surface area (Å²) in [5, 5.41) is 14.7. The smallest absolute Gasteiger partial charge is 0.367 e. The van der Waals surface area contributed by atoms with Gasteiger partial charge in [0.15, 0.2) is 0 Å². The van der Waals surface area contributed by atoms with E-state index < -0.39 is 5.97 Å². The number of halogens is 1. The summed E-state index contributed by atoms with van der Waals surface area (Å²) in [5.74, 6) is -1.10. The van der Waals surface area contributed by atoms with Crippen LogP contribution in [0.4, 0.5) is 0 Å². The summed E-state index contributed by atoms with van der Waals surface area (Å²) in [5.41, 5.74) is 0. The van der Waals surface area contributed by atoms with Crippen molar-refractivity contribution in [1.82, 2.24) is 10.2 Å². The molecule has 0 unspecified atom stereocenters. The number of aromatic carboxylic acids is 1. The maximum absolute atomic E-state index is 10.1. The summed E-state index contributed by atoms with van der Waals surface area (Å²) in [6.45, 7) is 0. The second kappa shape index (κ2) is 2.28. The van der Waals surface area contributed by atoms with Crippen LogP contribution in [0.25, 0.3) is 0 Å². The average Bonchev–Trinajstić information content (AvgIpc) is 2.14. The summed E-state index contributed by atoms with van der Waals surface area (Å²) < 4.78 is 0.146. The monoisotopic (exact) mass is 164 g/mol. The van der Waals surface area contributed by atoms with E-state index in [9.17, 15) is 4.79 Å². The lowest BCUT2D eigenvalue weighted by atomic mass is 10.7. The molecule has 4 nitrogen and oxygen atoms in total. The van der Waals surface area contributed by atoms with Crippen molar-refractivity contribution in [2.45, 2.75) is 0 Å². The van der Waals surface area contributed by atoms with Crippen LogP contribution >= 0.6 is 22.9 Å². The first-order valence-electron chi connectivity index (χ1n) is 1.92. The van der Waals surface area contributed by atoms with E-state index in [0.29, 0.717) is 0 Å². The fraction of sp³-hybridized carbons (Fsp3) is 0. The van der Waals surface area contributed by atoms with Crippen LogP contribution in [0.1, 0.15) is 9.80 Å². The molecule has 0 atom stereocenters. The van der Waals surface area contributed by atoms with E-state index >= 15 is 0 Å². The molecule has 48 valence electrons. The van der Waals surface area contributed by atoms with Gasteiger partial charge in [0.25, 0.3) is 0 Å². The normalized spacial score (nSPS) is 9.44. The topological polar surface area (TPSA) is 63.1 Å². The van der Waals surface area contributed by atoms with Crippen molar-refractivity contribution in [3.05, 3.63) is 9.47 Å². The van der Waals surface area contributed by atoms with Crippen molar-refractivity contribution in [3.8, 4) is 0 Å². The number of nitrogens with zero attached hydrogens (tertiary/aromatic N) is 2. The van der Waals surface area contributed by atoms with Crippen molar-refractivity contribution < 1.29 is 9.90 Å².